The Labute approximate surface area is 241 Å². The molecule has 0 saturated carbocycles. The molecule has 2 heterocycles. The van der Waals surface area contributed by atoms with Gasteiger partial charge < -0.3 is 19.7 Å². The molecule has 1 aromatic heterocycles. The van der Waals surface area contributed by atoms with E-state index in [1.54, 1.807) is 6.92 Å². The number of benzene rings is 2. The van der Waals surface area contributed by atoms with Gasteiger partial charge in [-0.1, -0.05) is 6.07 Å². The van der Waals surface area contributed by atoms with Gasteiger partial charge in [0.15, 0.2) is 5.88 Å². The zero-order valence-electron chi connectivity index (χ0n) is 22.8. The number of nitrogens with zero attached hydrogens (tertiary/aromatic N) is 1. The second-order valence-electron chi connectivity index (χ2n) is 10.2. The third kappa shape index (κ3) is 7.86. The maximum Gasteiger partial charge on any atom is 0.416 e. The van der Waals surface area contributed by atoms with Crippen molar-refractivity contribution in [3.05, 3.63) is 87.9 Å². The minimum absolute atomic E-state index is 0.0371. The van der Waals surface area contributed by atoms with Gasteiger partial charge in [-0.3, -0.25) is 10.1 Å². The van der Waals surface area contributed by atoms with E-state index in [4.69, 9.17) is 9.52 Å². The van der Waals surface area contributed by atoms with Crippen LogP contribution in [0.2, 0.25) is 0 Å². The SMILES string of the molecule is Cc1cc(F)ccc1[C@H]1C[C@@H](C(=O)Nc2ccc(CO)o2)CCN1C(=O)NCCc1cc(C(F)(F)F)cc(C(F)(F)F)c1. The Bertz CT molecular complexity index is 1440. The smallest absolute Gasteiger partial charge is 0.416 e. The van der Waals surface area contributed by atoms with Crippen LogP contribution in [0.3, 0.4) is 0 Å². The van der Waals surface area contributed by atoms with Crippen LogP contribution in [0.1, 0.15) is 52.5 Å². The van der Waals surface area contributed by atoms with Gasteiger partial charge in [0, 0.05) is 25.1 Å². The number of rotatable bonds is 7. The number of halogens is 7. The molecule has 43 heavy (non-hydrogen) atoms. The van der Waals surface area contributed by atoms with E-state index in [2.05, 4.69) is 10.6 Å². The van der Waals surface area contributed by atoms with E-state index in [0.717, 1.165) is 0 Å². The summed E-state index contributed by atoms with van der Waals surface area (Å²) in [4.78, 5) is 27.7. The molecule has 0 aliphatic carbocycles. The minimum Gasteiger partial charge on any atom is -0.443 e. The number of anilines is 1. The highest BCUT2D eigenvalue weighted by molar-refractivity contribution is 5.91. The van der Waals surface area contributed by atoms with Gasteiger partial charge in [-0.25, -0.2) is 9.18 Å². The van der Waals surface area contributed by atoms with Gasteiger partial charge in [-0.05, 0) is 79.3 Å². The molecule has 0 spiro atoms. The van der Waals surface area contributed by atoms with Crippen molar-refractivity contribution in [2.24, 2.45) is 5.92 Å². The lowest BCUT2D eigenvalue weighted by molar-refractivity contribution is -0.143. The molecule has 3 aromatic rings. The second kappa shape index (κ2) is 12.7. The van der Waals surface area contributed by atoms with E-state index in [1.165, 1.54) is 35.2 Å². The summed E-state index contributed by atoms with van der Waals surface area (Å²) in [7, 11) is 0. The van der Waals surface area contributed by atoms with Crippen LogP contribution in [0, 0.1) is 18.7 Å². The van der Waals surface area contributed by atoms with Crippen molar-refractivity contribution in [3.8, 4) is 0 Å². The normalized spacial score (nSPS) is 17.6. The molecule has 2 aromatic carbocycles. The molecule has 3 amide bonds. The van der Waals surface area contributed by atoms with E-state index in [9.17, 15) is 40.3 Å². The summed E-state index contributed by atoms with van der Waals surface area (Å²) in [6, 6.07) is 6.89. The van der Waals surface area contributed by atoms with Crippen molar-refractivity contribution in [1.29, 1.82) is 0 Å². The molecule has 3 N–H and O–H groups in total. The summed E-state index contributed by atoms with van der Waals surface area (Å²) in [6.07, 6.45) is -9.92. The average molecular weight is 616 g/mol. The van der Waals surface area contributed by atoms with E-state index in [-0.39, 0.29) is 62.2 Å². The Balaban J connectivity index is 1.49. The zero-order chi connectivity index (χ0) is 31.5. The second-order valence-corrected chi connectivity index (χ2v) is 10.2. The Kier molecular flexibility index (Phi) is 9.38. The summed E-state index contributed by atoms with van der Waals surface area (Å²) in [5.41, 5.74) is -2.06. The minimum atomic E-state index is -4.99. The third-order valence-electron chi connectivity index (χ3n) is 7.23. The van der Waals surface area contributed by atoms with E-state index in [0.29, 0.717) is 23.3 Å². The predicted octanol–water partition coefficient (Wildman–Crippen LogP) is 6.60. The van der Waals surface area contributed by atoms with Gasteiger partial charge in [0.05, 0.1) is 17.2 Å². The quantitative estimate of drug-likeness (QED) is 0.261. The fourth-order valence-electron chi connectivity index (χ4n) is 5.09. The summed E-state index contributed by atoms with van der Waals surface area (Å²) in [5, 5.41) is 14.4. The number of aliphatic hydroxyl groups is 1. The van der Waals surface area contributed by atoms with Crippen LogP contribution in [-0.2, 0) is 30.2 Å². The number of aryl methyl sites for hydroxylation is 1. The molecule has 0 unspecified atom stereocenters. The molecule has 1 saturated heterocycles. The van der Waals surface area contributed by atoms with Crippen molar-refractivity contribution >= 4 is 17.8 Å². The van der Waals surface area contributed by atoms with Gasteiger partial charge in [0.2, 0.25) is 5.91 Å². The molecule has 7 nitrogen and oxygen atoms in total. The first-order chi connectivity index (χ1) is 20.2. The molecule has 4 rings (SSSR count). The highest BCUT2D eigenvalue weighted by Gasteiger charge is 2.38. The standard InChI is InChI=1S/C29H28F7N3O4/c1-16-10-21(30)2-4-23(16)24-13-18(26(41)38-25-5-3-22(15-40)43-25)7-9-39(24)27(42)37-8-6-17-11-19(28(31,32)33)14-20(12-17)29(34,35)36/h2-5,10-12,14,18,24,40H,6-9,13,15H2,1H3,(H,37,42)(H,38,41)/t18-,24+/m0/s1. The Hall–Kier alpha value is -4.07. The van der Waals surface area contributed by atoms with Gasteiger partial charge in [0.1, 0.15) is 18.2 Å². The maximum absolute atomic E-state index is 13.9. The summed E-state index contributed by atoms with van der Waals surface area (Å²) in [5.74, 6) is -1.10. The number of aliphatic hydroxyl groups excluding tert-OH is 1. The van der Waals surface area contributed by atoms with Crippen LogP contribution in [0.4, 0.5) is 41.4 Å². The zero-order valence-corrected chi connectivity index (χ0v) is 22.8. The number of carbonyl (C=O) groups excluding carboxylic acids is 2. The van der Waals surface area contributed by atoms with Crippen LogP contribution in [0.5, 0.6) is 0 Å². The first kappa shape index (κ1) is 31.9. The molecule has 2 atom stereocenters. The number of carbonyl (C=O) groups is 2. The predicted molar refractivity (Wildman–Crippen MR) is 140 cm³/mol. The average Bonchev–Trinajstić information content (AvgIpc) is 3.39. The first-order valence-corrected chi connectivity index (χ1v) is 13.2. The number of piperidine rings is 1. The van der Waals surface area contributed by atoms with E-state index in [1.807, 2.05) is 0 Å². The largest absolute Gasteiger partial charge is 0.443 e. The van der Waals surface area contributed by atoms with Crippen LogP contribution < -0.4 is 10.6 Å². The first-order valence-electron chi connectivity index (χ1n) is 13.2. The van der Waals surface area contributed by atoms with Crippen LogP contribution in [0.15, 0.2) is 52.9 Å². The van der Waals surface area contributed by atoms with Crippen molar-refractivity contribution in [3.63, 3.8) is 0 Å². The number of likely N-dealkylation sites (tertiary alicyclic amines) is 1. The van der Waals surface area contributed by atoms with Crippen molar-refractivity contribution in [2.45, 2.75) is 51.2 Å². The molecule has 232 valence electrons. The molecular weight excluding hydrogens is 587 g/mol. The molecule has 0 bridgehead atoms. The van der Waals surface area contributed by atoms with Gasteiger partial charge in [-0.2, -0.15) is 26.3 Å². The van der Waals surface area contributed by atoms with Crippen molar-refractivity contribution < 1.29 is 49.8 Å². The number of furan rings is 1. The van der Waals surface area contributed by atoms with E-state index < -0.39 is 53.2 Å². The maximum atomic E-state index is 13.9. The molecular formula is C29H28F7N3O4. The molecule has 1 aliphatic rings. The lowest BCUT2D eigenvalue weighted by Gasteiger charge is -2.39. The Morgan fingerprint density at radius 1 is 1.00 bits per heavy atom. The van der Waals surface area contributed by atoms with Crippen LogP contribution in [-0.4, -0.2) is 35.0 Å². The number of alkyl halides is 6. The van der Waals surface area contributed by atoms with Crippen LogP contribution >= 0.6 is 0 Å². The number of nitrogens with one attached hydrogen (secondary N) is 2. The Morgan fingerprint density at radius 2 is 1.67 bits per heavy atom. The van der Waals surface area contributed by atoms with Gasteiger partial charge in [-0.15, -0.1) is 0 Å². The Morgan fingerprint density at radius 3 is 2.26 bits per heavy atom. The third-order valence-corrected chi connectivity index (χ3v) is 7.23. The van der Waals surface area contributed by atoms with Gasteiger partial charge >= 0.3 is 18.4 Å². The lowest BCUT2D eigenvalue weighted by atomic mass is 9.85. The van der Waals surface area contributed by atoms with E-state index >= 15 is 0 Å². The fraction of sp³-hybridized carbons (Fsp3) is 0.379. The van der Waals surface area contributed by atoms with Gasteiger partial charge in [0.25, 0.3) is 0 Å². The lowest BCUT2D eigenvalue weighted by Crippen LogP contribution is -2.48. The van der Waals surface area contributed by atoms with Crippen molar-refractivity contribution in [2.75, 3.05) is 18.4 Å². The highest BCUT2D eigenvalue weighted by atomic mass is 19.4. The molecule has 14 heteroatoms. The molecule has 1 fully saturated rings. The summed E-state index contributed by atoms with van der Waals surface area (Å²) >= 11 is 0. The molecule has 1 aliphatic heterocycles. The molecule has 0 radical (unpaired) electrons. The fourth-order valence-corrected chi connectivity index (χ4v) is 5.09. The topological polar surface area (TPSA) is 94.8 Å². The number of hydrogen-bond acceptors (Lipinski definition) is 4. The monoisotopic (exact) mass is 615 g/mol. The van der Waals surface area contributed by atoms with Crippen molar-refractivity contribution in [1.82, 2.24) is 10.2 Å². The number of urea groups is 1. The number of hydrogen-bond donors (Lipinski definition) is 3. The summed E-state index contributed by atoms with van der Waals surface area (Å²) in [6.45, 7) is 1.10. The summed E-state index contributed by atoms with van der Waals surface area (Å²) < 4.78 is 98.4. The highest BCUT2D eigenvalue weighted by Crippen LogP contribution is 2.38. The van der Waals surface area contributed by atoms with Crippen LogP contribution in [0.25, 0.3) is 0 Å². The number of amides is 3.